The van der Waals surface area contributed by atoms with E-state index >= 15 is 0 Å². The standard InChI is InChI=1S/C26H39F2N5O3/c1-4-6-24(31-20-8-7-18-9-19(27)10-23(28)22(18)11-20)26(35)32-25-14-33(16-30-25)17(3)12-29-13-21(34)15-36-5-2/h9-10,14,16-17,20-21,24,29,31,34H,4-8,11-13,15H2,1-3H3,(H,32,35)/t17-,20?,21?,24-/m0/s1. The smallest absolute Gasteiger partial charge is 0.242 e. The summed E-state index contributed by atoms with van der Waals surface area (Å²) >= 11 is 0. The van der Waals surface area contributed by atoms with Crippen LogP contribution in [0.1, 0.15) is 57.2 Å². The number of carbonyl (C=O) groups excluding carboxylic acids is 1. The van der Waals surface area contributed by atoms with Crippen LogP contribution >= 0.6 is 0 Å². The van der Waals surface area contributed by atoms with Crippen molar-refractivity contribution in [1.82, 2.24) is 20.2 Å². The molecule has 0 spiro atoms. The van der Waals surface area contributed by atoms with Crippen LogP contribution in [0.4, 0.5) is 14.6 Å². The molecule has 8 nitrogen and oxygen atoms in total. The first-order chi connectivity index (χ1) is 17.3. The molecule has 1 aromatic carbocycles. The van der Waals surface area contributed by atoms with Crippen LogP contribution in [0.15, 0.2) is 24.7 Å². The second-order valence-corrected chi connectivity index (χ2v) is 9.49. The van der Waals surface area contributed by atoms with Gasteiger partial charge in [-0.2, -0.15) is 0 Å². The molecule has 4 N–H and O–H groups in total. The number of fused-ring (bicyclic) bond motifs is 1. The molecule has 1 amide bonds. The number of halogens is 2. The Bertz CT molecular complexity index is 986. The molecule has 0 saturated heterocycles. The SMILES string of the molecule is CCC[C@H](NC1CCc2cc(F)cc(F)c2C1)C(=O)Nc1cn([C@@H](C)CNCC(O)COCC)cn1. The molecule has 1 aliphatic rings. The molecule has 1 heterocycles. The van der Waals surface area contributed by atoms with Crippen LogP contribution in [0.5, 0.6) is 0 Å². The van der Waals surface area contributed by atoms with Crippen molar-refractivity contribution in [3.63, 3.8) is 0 Å². The van der Waals surface area contributed by atoms with E-state index in [-0.39, 0.29) is 18.0 Å². The van der Waals surface area contributed by atoms with Gasteiger partial charge in [0.05, 0.1) is 25.1 Å². The number of aryl methyl sites for hydroxylation is 1. The van der Waals surface area contributed by atoms with E-state index in [2.05, 4.69) is 20.9 Å². The first-order valence-corrected chi connectivity index (χ1v) is 12.8. The molecule has 36 heavy (non-hydrogen) atoms. The van der Waals surface area contributed by atoms with Crippen molar-refractivity contribution in [2.75, 3.05) is 31.6 Å². The summed E-state index contributed by atoms with van der Waals surface area (Å²) in [6, 6.07) is 1.88. The molecule has 2 unspecified atom stereocenters. The van der Waals surface area contributed by atoms with E-state index in [1.807, 2.05) is 25.3 Å². The topological polar surface area (TPSA) is 100 Å². The lowest BCUT2D eigenvalue weighted by molar-refractivity contribution is -0.118. The van der Waals surface area contributed by atoms with Gasteiger partial charge in [-0.25, -0.2) is 13.8 Å². The highest BCUT2D eigenvalue weighted by molar-refractivity contribution is 5.94. The summed E-state index contributed by atoms with van der Waals surface area (Å²) in [6.45, 7) is 7.83. The molecule has 2 aromatic rings. The van der Waals surface area contributed by atoms with Crippen LogP contribution in [0, 0.1) is 11.6 Å². The molecule has 0 saturated carbocycles. The van der Waals surface area contributed by atoms with Crippen molar-refractivity contribution in [3.05, 3.63) is 47.4 Å². The van der Waals surface area contributed by atoms with Crippen LogP contribution in [-0.4, -0.2) is 65.1 Å². The number of carbonyl (C=O) groups is 1. The normalized spacial score (nSPS) is 17.9. The van der Waals surface area contributed by atoms with Gasteiger partial charge >= 0.3 is 0 Å². The third kappa shape index (κ3) is 8.06. The summed E-state index contributed by atoms with van der Waals surface area (Å²) in [5, 5.41) is 19.4. The Labute approximate surface area is 211 Å². The van der Waals surface area contributed by atoms with E-state index in [0.29, 0.717) is 68.9 Å². The van der Waals surface area contributed by atoms with Crippen molar-refractivity contribution in [1.29, 1.82) is 0 Å². The van der Waals surface area contributed by atoms with Crippen molar-refractivity contribution >= 4 is 11.7 Å². The van der Waals surface area contributed by atoms with E-state index in [1.165, 1.54) is 6.07 Å². The maximum absolute atomic E-state index is 14.3. The Morgan fingerprint density at radius 2 is 2.11 bits per heavy atom. The number of hydrogen-bond donors (Lipinski definition) is 4. The van der Waals surface area contributed by atoms with Crippen molar-refractivity contribution in [2.24, 2.45) is 0 Å². The quantitative estimate of drug-likeness (QED) is 0.314. The summed E-state index contributed by atoms with van der Waals surface area (Å²) in [4.78, 5) is 17.4. The van der Waals surface area contributed by atoms with Crippen LogP contribution in [0.25, 0.3) is 0 Å². The van der Waals surface area contributed by atoms with Gasteiger partial charge in [-0.1, -0.05) is 13.3 Å². The zero-order valence-electron chi connectivity index (χ0n) is 21.4. The van der Waals surface area contributed by atoms with Crippen molar-refractivity contribution in [2.45, 2.75) is 77.1 Å². The highest BCUT2D eigenvalue weighted by Crippen LogP contribution is 2.26. The fourth-order valence-electron chi connectivity index (χ4n) is 4.52. The molecule has 0 radical (unpaired) electrons. The summed E-state index contributed by atoms with van der Waals surface area (Å²) in [6.07, 6.45) is 6.03. The minimum absolute atomic E-state index is 0.0639. The zero-order valence-corrected chi connectivity index (χ0v) is 21.4. The van der Waals surface area contributed by atoms with Crippen molar-refractivity contribution in [3.8, 4) is 0 Å². The van der Waals surface area contributed by atoms with E-state index in [0.717, 1.165) is 12.5 Å². The number of benzene rings is 1. The Hall–Kier alpha value is -2.40. The molecule has 10 heteroatoms. The van der Waals surface area contributed by atoms with Gasteiger partial charge in [-0.05, 0) is 56.7 Å². The first kappa shape index (κ1) is 28.2. The number of imidazole rings is 1. The predicted molar refractivity (Wildman–Crippen MR) is 135 cm³/mol. The number of ether oxygens (including phenoxy) is 1. The second kappa shape index (κ2) is 13.8. The minimum Gasteiger partial charge on any atom is -0.389 e. The maximum Gasteiger partial charge on any atom is 0.242 e. The molecule has 1 aliphatic carbocycles. The number of hydrogen-bond acceptors (Lipinski definition) is 6. The van der Waals surface area contributed by atoms with Crippen LogP contribution in [-0.2, 0) is 22.4 Å². The molecule has 0 aliphatic heterocycles. The molecule has 0 bridgehead atoms. The van der Waals surface area contributed by atoms with Gasteiger partial charge in [0.15, 0.2) is 5.82 Å². The van der Waals surface area contributed by atoms with Crippen LogP contribution in [0.3, 0.4) is 0 Å². The number of aromatic nitrogens is 2. The summed E-state index contributed by atoms with van der Waals surface area (Å²) in [7, 11) is 0. The third-order valence-electron chi connectivity index (χ3n) is 6.49. The number of rotatable bonds is 14. The largest absolute Gasteiger partial charge is 0.389 e. The van der Waals surface area contributed by atoms with Gasteiger partial charge in [-0.15, -0.1) is 0 Å². The number of aliphatic hydroxyl groups excluding tert-OH is 1. The lowest BCUT2D eigenvalue weighted by Crippen LogP contribution is -2.48. The zero-order chi connectivity index (χ0) is 26.1. The van der Waals surface area contributed by atoms with Gasteiger partial charge < -0.3 is 30.4 Å². The van der Waals surface area contributed by atoms with E-state index in [1.54, 1.807) is 12.5 Å². The van der Waals surface area contributed by atoms with E-state index < -0.39 is 23.8 Å². The van der Waals surface area contributed by atoms with Crippen molar-refractivity contribution < 1.29 is 23.4 Å². The van der Waals surface area contributed by atoms with Gasteiger partial charge in [0, 0.05) is 44.0 Å². The van der Waals surface area contributed by atoms with Crippen LogP contribution < -0.4 is 16.0 Å². The maximum atomic E-state index is 14.3. The monoisotopic (exact) mass is 507 g/mol. The fraction of sp³-hybridized carbons (Fsp3) is 0.615. The Morgan fingerprint density at radius 3 is 2.86 bits per heavy atom. The minimum atomic E-state index is -0.562. The summed E-state index contributed by atoms with van der Waals surface area (Å²) < 4.78 is 34.9. The molecule has 4 atom stereocenters. The van der Waals surface area contributed by atoms with Gasteiger partial charge in [0.2, 0.25) is 5.91 Å². The molecule has 1 aromatic heterocycles. The Balaban J connectivity index is 1.52. The summed E-state index contributed by atoms with van der Waals surface area (Å²) in [5.74, 6) is -0.797. The molecular formula is C26H39F2N5O3. The fourth-order valence-corrected chi connectivity index (χ4v) is 4.52. The first-order valence-electron chi connectivity index (χ1n) is 12.8. The highest BCUT2D eigenvalue weighted by atomic mass is 19.1. The molecule has 0 fully saturated rings. The van der Waals surface area contributed by atoms with Gasteiger partial charge in [0.25, 0.3) is 0 Å². The molecule has 200 valence electrons. The van der Waals surface area contributed by atoms with Crippen LogP contribution in [0.2, 0.25) is 0 Å². The Morgan fingerprint density at radius 1 is 1.31 bits per heavy atom. The summed E-state index contributed by atoms with van der Waals surface area (Å²) in [5.41, 5.74) is 1.24. The second-order valence-electron chi connectivity index (χ2n) is 9.49. The molecular weight excluding hydrogens is 468 g/mol. The van der Waals surface area contributed by atoms with Gasteiger partial charge in [-0.3, -0.25) is 4.79 Å². The average Bonchev–Trinajstić information content (AvgIpc) is 3.31. The Kier molecular flexibility index (Phi) is 10.8. The predicted octanol–water partition coefficient (Wildman–Crippen LogP) is 2.96. The average molecular weight is 508 g/mol. The number of nitrogens with one attached hydrogen (secondary N) is 3. The number of nitrogens with zero attached hydrogens (tertiary/aromatic N) is 2. The highest BCUT2D eigenvalue weighted by Gasteiger charge is 2.27. The lowest BCUT2D eigenvalue weighted by Gasteiger charge is -2.29. The number of anilines is 1. The number of aliphatic hydroxyl groups is 1. The number of amides is 1. The lowest BCUT2D eigenvalue weighted by atomic mass is 9.87. The molecule has 3 rings (SSSR count). The van der Waals surface area contributed by atoms with E-state index in [4.69, 9.17) is 4.74 Å². The van der Waals surface area contributed by atoms with Gasteiger partial charge in [0.1, 0.15) is 11.6 Å². The van der Waals surface area contributed by atoms with E-state index in [9.17, 15) is 18.7 Å². The third-order valence-corrected chi connectivity index (χ3v) is 6.49.